The number of nitrogens with zero attached hydrogens (tertiary/aromatic N) is 3. The average molecular weight is 296 g/mol. The van der Waals surface area contributed by atoms with Gasteiger partial charge in [-0.25, -0.2) is 5.43 Å². The molecule has 0 aromatic carbocycles. The van der Waals surface area contributed by atoms with E-state index < -0.39 is 0 Å². The predicted octanol–water partition coefficient (Wildman–Crippen LogP) is 2.07. The summed E-state index contributed by atoms with van der Waals surface area (Å²) in [5.41, 5.74) is 4.34. The number of ether oxygens (including phenoxy) is 1. The Morgan fingerprint density at radius 2 is 2.10 bits per heavy atom. The van der Waals surface area contributed by atoms with Crippen LogP contribution in [0, 0.1) is 0 Å². The van der Waals surface area contributed by atoms with Crippen LogP contribution in [0.2, 0.25) is 5.02 Å². The first-order valence-electron chi connectivity index (χ1n) is 6.27. The number of hydrogen-bond acceptors (Lipinski definition) is 5. The summed E-state index contributed by atoms with van der Waals surface area (Å²) in [6.45, 7) is 4.08. The van der Waals surface area contributed by atoms with Gasteiger partial charge in [-0.05, 0) is 26.0 Å². The van der Waals surface area contributed by atoms with Crippen molar-refractivity contribution in [3.05, 3.63) is 40.9 Å². The number of nitrogens with one attached hydrogen (secondary N) is 1. The SMILES string of the molecule is COc1cnn(C(C)C)c1C(NN)c1ccc(Cl)cn1. The number of nitrogens with two attached hydrogens (primary N) is 1. The summed E-state index contributed by atoms with van der Waals surface area (Å²) in [5, 5.41) is 4.92. The van der Waals surface area contributed by atoms with Gasteiger partial charge < -0.3 is 4.74 Å². The van der Waals surface area contributed by atoms with E-state index in [1.807, 2.05) is 24.6 Å². The topological polar surface area (TPSA) is 78.0 Å². The van der Waals surface area contributed by atoms with Gasteiger partial charge in [-0.3, -0.25) is 15.5 Å². The zero-order valence-electron chi connectivity index (χ0n) is 11.7. The van der Waals surface area contributed by atoms with Crippen molar-refractivity contribution in [3.63, 3.8) is 0 Å². The third kappa shape index (κ3) is 2.77. The fourth-order valence-electron chi connectivity index (χ4n) is 2.06. The summed E-state index contributed by atoms with van der Waals surface area (Å²) in [5.74, 6) is 6.37. The number of pyridine rings is 1. The quantitative estimate of drug-likeness (QED) is 0.652. The van der Waals surface area contributed by atoms with Crippen molar-refractivity contribution in [2.24, 2.45) is 5.84 Å². The van der Waals surface area contributed by atoms with Crippen LogP contribution >= 0.6 is 11.6 Å². The Balaban J connectivity index is 2.50. The van der Waals surface area contributed by atoms with Gasteiger partial charge in [0.1, 0.15) is 11.7 Å². The van der Waals surface area contributed by atoms with Crippen LogP contribution in [-0.4, -0.2) is 21.9 Å². The molecule has 7 heteroatoms. The maximum Gasteiger partial charge on any atom is 0.162 e. The van der Waals surface area contributed by atoms with E-state index in [4.69, 9.17) is 22.2 Å². The largest absolute Gasteiger partial charge is 0.493 e. The van der Waals surface area contributed by atoms with Gasteiger partial charge in [-0.1, -0.05) is 11.6 Å². The standard InChI is InChI=1S/C13H18ClN5O/c1-8(2)19-13(11(20-3)7-17-19)12(18-15)10-5-4-9(14)6-16-10/h4-8,12,18H,15H2,1-3H3. The molecule has 0 aliphatic carbocycles. The molecule has 6 nitrogen and oxygen atoms in total. The van der Waals surface area contributed by atoms with E-state index in [0.29, 0.717) is 10.8 Å². The number of methoxy groups -OCH3 is 1. The molecule has 2 heterocycles. The van der Waals surface area contributed by atoms with Crippen LogP contribution in [0.1, 0.15) is 37.3 Å². The van der Waals surface area contributed by atoms with Crippen molar-refractivity contribution in [2.75, 3.05) is 7.11 Å². The maximum atomic E-state index is 5.87. The smallest absolute Gasteiger partial charge is 0.162 e. The highest BCUT2D eigenvalue weighted by molar-refractivity contribution is 6.30. The number of halogens is 1. The van der Waals surface area contributed by atoms with Crippen LogP contribution in [0.15, 0.2) is 24.5 Å². The van der Waals surface area contributed by atoms with E-state index in [2.05, 4.69) is 15.5 Å². The molecule has 1 unspecified atom stereocenters. The maximum absolute atomic E-state index is 5.87. The third-order valence-electron chi connectivity index (χ3n) is 2.99. The van der Waals surface area contributed by atoms with Crippen molar-refractivity contribution in [2.45, 2.75) is 25.9 Å². The Hall–Kier alpha value is -1.63. The number of hydrazine groups is 1. The van der Waals surface area contributed by atoms with Gasteiger partial charge in [0.15, 0.2) is 5.75 Å². The van der Waals surface area contributed by atoms with Gasteiger partial charge in [-0.2, -0.15) is 5.10 Å². The molecule has 108 valence electrons. The average Bonchev–Trinajstić information content (AvgIpc) is 2.86. The van der Waals surface area contributed by atoms with Gasteiger partial charge in [0.25, 0.3) is 0 Å². The molecule has 2 aromatic rings. The predicted molar refractivity (Wildman–Crippen MR) is 77.6 cm³/mol. The highest BCUT2D eigenvalue weighted by Crippen LogP contribution is 2.30. The highest BCUT2D eigenvalue weighted by Gasteiger charge is 2.24. The lowest BCUT2D eigenvalue weighted by Gasteiger charge is -2.20. The molecule has 0 fully saturated rings. The van der Waals surface area contributed by atoms with Crippen molar-refractivity contribution in [1.82, 2.24) is 20.2 Å². The number of rotatable bonds is 5. The summed E-state index contributed by atoms with van der Waals surface area (Å²) in [6.07, 6.45) is 3.26. The molecule has 1 atom stereocenters. The molecule has 0 aliphatic rings. The molecule has 0 spiro atoms. The van der Waals surface area contributed by atoms with Gasteiger partial charge in [0.05, 0.1) is 24.0 Å². The second-order valence-corrected chi connectivity index (χ2v) is 5.07. The van der Waals surface area contributed by atoms with Crippen molar-refractivity contribution in [1.29, 1.82) is 0 Å². The molecule has 0 amide bonds. The lowest BCUT2D eigenvalue weighted by Crippen LogP contribution is -2.32. The van der Waals surface area contributed by atoms with E-state index in [-0.39, 0.29) is 12.1 Å². The molecule has 3 N–H and O–H groups in total. The molecular weight excluding hydrogens is 278 g/mol. The van der Waals surface area contributed by atoms with Crippen molar-refractivity contribution < 1.29 is 4.74 Å². The minimum atomic E-state index is -0.327. The van der Waals surface area contributed by atoms with Gasteiger partial charge in [0.2, 0.25) is 0 Å². The first kappa shape index (κ1) is 14.8. The molecule has 0 bridgehead atoms. The third-order valence-corrected chi connectivity index (χ3v) is 3.22. The van der Waals surface area contributed by atoms with E-state index in [1.54, 1.807) is 25.6 Å². The molecule has 0 radical (unpaired) electrons. The molecule has 0 saturated carbocycles. The van der Waals surface area contributed by atoms with Crippen LogP contribution in [0.5, 0.6) is 5.75 Å². The molecule has 2 aromatic heterocycles. The molecular formula is C13H18ClN5O. The van der Waals surface area contributed by atoms with Gasteiger partial charge >= 0.3 is 0 Å². The molecule has 0 saturated heterocycles. The Labute approximate surface area is 122 Å². The summed E-state index contributed by atoms with van der Waals surface area (Å²) in [7, 11) is 1.61. The number of aromatic nitrogens is 3. The first-order valence-corrected chi connectivity index (χ1v) is 6.65. The van der Waals surface area contributed by atoms with Gasteiger partial charge in [0, 0.05) is 12.2 Å². The fourth-order valence-corrected chi connectivity index (χ4v) is 2.17. The normalized spacial score (nSPS) is 12.7. The summed E-state index contributed by atoms with van der Waals surface area (Å²) >= 11 is 5.87. The summed E-state index contributed by atoms with van der Waals surface area (Å²) in [4.78, 5) is 4.31. The second-order valence-electron chi connectivity index (χ2n) is 4.64. The monoisotopic (exact) mass is 295 g/mol. The van der Waals surface area contributed by atoms with E-state index in [1.165, 1.54) is 0 Å². The summed E-state index contributed by atoms with van der Waals surface area (Å²) < 4.78 is 7.23. The number of hydrogen-bond donors (Lipinski definition) is 2. The lowest BCUT2D eigenvalue weighted by atomic mass is 10.1. The molecule has 0 aliphatic heterocycles. The molecule has 20 heavy (non-hydrogen) atoms. The minimum absolute atomic E-state index is 0.178. The Bertz CT molecular complexity index is 567. The molecule has 2 rings (SSSR count). The Kier molecular flexibility index (Phi) is 4.59. The van der Waals surface area contributed by atoms with Gasteiger partial charge in [-0.15, -0.1) is 0 Å². The van der Waals surface area contributed by atoms with Crippen LogP contribution in [0.25, 0.3) is 0 Å². The van der Waals surface area contributed by atoms with Crippen LogP contribution in [0.3, 0.4) is 0 Å². The zero-order chi connectivity index (χ0) is 14.7. The van der Waals surface area contributed by atoms with E-state index in [0.717, 1.165) is 11.4 Å². The first-order chi connectivity index (χ1) is 9.58. The Morgan fingerprint density at radius 3 is 2.60 bits per heavy atom. The van der Waals surface area contributed by atoms with Crippen molar-refractivity contribution in [3.8, 4) is 5.75 Å². The summed E-state index contributed by atoms with van der Waals surface area (Å²) in [6, 6.07) is 3.45. The lowest BCUT2D eigenvalue weighted by molar-refractivity contribution is 0.393. The second kappa shape index (κ2) is 6.21. The van der Waals surface area contributed by atoms with Crippen molar-refractivity contribution >= 4 is 11.6 Å². The Morgan fingerprint density at radius 1 is 1.35 bits per heavy atom. The zero-order valence-corrected chi connectivity index (χ0v) is 12.4. The minimum Gasteiger partial charge on any atom is -0.493 e. The van der Waals surface area contributed by atoms with E-state index >= 15 is 0 Å². The van der Waals surface area contributed by atoms with Crippen LogP contribution < -0.4 is 16.0 Å². The highest BCUT2D eigenvalue weighted by atomic mass is 35.5. The fraction of sp³-hybridized carbons (Fsp3) is 0.385. The van der Waals surface area contributed by atoms with Crippen LogP contribution in [-0.2, 0) is 0 Å². The van der Waals surface area contributed by atoms with E-state index in [9.17, 15) is 0 Å². The van der Waals surface area contributed by atoms with Crippen LogP contribution in [0.4, 0.5) is 0 Å².